The van der Waals surface area contributed by atoms with Crippen LogP contribution in [-0.4, -0.2) is 77.6 Å². The molecule has 2 aromatic carbocycles. The second-order valence-electron chi connectivity index (χ2n) is 10.6. The van der Waals surface area contributed by atoms with Crippen molar-refractivity contribution in [1.82, 2.24) is 20.9 Å². The minimum Gasteiger partial charge on any atom is -0.491 e. The third kappa shape index (κ3) is 7.57. The Balaban J connectivity index is 1.65. The minimum atomic E-state index is -1.24. The lowest BCUT2D eigenvalue weighted by Gasteiger charge is -2.36. The summed E-state index contributed by atoms with van der Waals surface area (Å²) >= 11 is 0. The molecule has 10 nitrogen and oxygen atoms in total. The van der Waals surface area contributed by atoms with Crippen LogP contribution in [0.15, 0.2) is 54.6 Å². The number of para-hydroxylation sites is 1. The Morgan fingerprint density at radius 3 is 2.31 bits per heavy atom. The normalized spacial score (nSPS) is 22.6. The third-order valence-corrected chi connectivity index (χ3v) is 6.81. The Morgan fingerprint density at radius 2 is 1.62 bits per heavy atom. The number of hydrogen-bond acceptors (Lipinski definition) is 6. The standard InChI is InChI=1S/C29H36N4O6/c1-18(2)12-20-17-39-25-11-7-6-10-22(25)27(36)31-24(14-26(35)33-15-21(34)16-33)29(38)32-23(28(37)30-20)13-19-8-4-3-5-9-19/h3-11,18,20-21,23-24,34H,12-17H2,1-2H3,(H,30,37)(H,31,36)(H,32,38)/t20-,23-,24-/m0/s1. The molecule has 0 bridgehead atoms. The molecule has 2 aliphatic rings. The first-order valence-corrected chi connectivity index (χ1v) is 13.3. The van der Waals surface area contributed by atoms with Gasteiger partial charge in [-0.1, -0.05) is 56.3 Å². The number of aliphatic hydroxyl groups is 1. The molecule has 1 saturated heterocycles. The summed E-state index contributed by atoms with van der Waals surface area (Å²) in [5.41, 5.74) is 1.06. The fourth-order valence-corrected chi connectivity index (χ4v) is 4.75. The molecule has 0 saturated carbocycles. The smallest absolute Gasteiger partial charge is 0.255 e. The van der Waals surface area contributed by atoms with Crippen LogP contribution in [0.5, 0.6) is 5.75 Å². The Labute approximate surface area is 228 Å². The van der Waals surface area contributed by atoms with Gasteiger partial charge in [0.2, 0.25) is 17.7 Å². The largest absolute Gasteiger partial charge is 0.491 e. The monoisotopic (exact) mass is 536 g/mol. The van der Waals surface area contributed by atoms with Crippen molar-refractivity contribution in [1.29, 1.82) is 0 Å². The number of benzene rings is 2. The molecule has 10 heteroatoms. The van der Waals surface area contributed by atoms with E-state index in [2.05, 4.69) is 16.0 Å². The van der Waals surface area contributed by atoms with E-state index < -0.39 is 30.0 Å². The predicted molar refractivity (Wildman–Crippen MR) is 144 cm³/mol. The van der Waals surface area contributed by atoms with E-state index in [-0.39, 0.29) is 61.9 Å². The fourth-order valence-electron chi connectivity index (χ4n) is 4.75. The van der Waals surface area contributed by atoms with Crippen LogP contribution in [0.25, 0.3) is 0 Å². The summed E-state index contributed by atoms with van der Waals surface area (Å²) in [6.07, 6.45) is -0.0616. The highest BCUT2D eigenvalue weighted by Gasteiger charge is 2.35. The highest BCUT2D eigenvalue weighted by atomic mass is 16.5. The van der Waals surface area contributed by atoms with E-state index in [1.165, 1.54) is 4.90 Å². The molecule has 4 amide bonds. The minimum absolute atomic E-state index is 0.138. The first kappa shape index (κ1) is 28.1. The predicted octanol–water partition coefficient (Wildman–Crippen LogP) is 1.03. The van der Waals surface area contributed by atoms with Gasteiger partial charge in [-0.3, -0.25) is 19.2 Å². The topological polar surface area (TPSA) is 137 Å². The Bertz CT molecular complexity index is 1180. The quantitative estimate of drug-likeness (QED) is 0.435. The number of β-amino-alcohol motifs (C(OH)–C–C–N with tert-alkyl or cyclic N) is 1. The van der Waals surface area contributed by atoms with E-state index in [4.69, 9.17) is 4.74 Å². The number of nitrogens with one attached hydrogen (secondary N) is 3. The number of rotatable bonds is 6. The average Bonchev–Trinajstić information content (AvgIpc) is 2.89. The lowest BCUT2D eigenvalue weighted by atomic mass is 10.0. The van der Waals surface area contributed by atoms with Crippen LogP contribution in [0.1, 0.15) is 42.6 Å². The molecule has 1 fully saturated rings. The van der Waals surface area contributed by atoms with Crippen molar-refractivity contribution >= 4 is 23.6 Å². The molecule has 39 heavy (non-hydrogen) atoms. The van der Waals surface area contributed by atoms with Gasteiger partial charge in [0.1, 0.15) is 24.4 Å². The molecule has 0 radical (unpaired) electrons. The second kappa shape index (κ2) is 12.8. The molecule has 2 aliphatic heterocycles. The summed E-state index contributed by atoms with van der Waals surface area (Å²) in [5.74, 6) is -1.40. The second-order valence-corrected chi connectivity index (χ2v) is 10.6. The molecule has 0 aromatic heterocycles. The van der Waals surface area contributed by atoms with E-state index in [1.807, 2.05) is 44.2 Å². The molecule has 0 unspecified atom stereocenters. The molecule has 0 spiro atoms. The van der Waals surface area contributed by atoms with Crippen molar-refractivity contribution < 1.29 is 29.0 Å². The number of likely N-dealkylation sites (tertiary alicyclic amines) is 1. The van der Waals surface area contributed by atoms with Crippen LogP contribution in [-0.2, 0) is 20.8 Å². The average molecular weight is 537 g/mol. The number of carbonyl (C=O) groups is 4. The van der Waals surface area contributed by atoms with Gasteiger partial charge in [0.15, 0.2) is 0 Å². The highest BCUT2D eigenvalue weighted by Crippen LogP contribution is 2.20. The molecule has 2 heterocycles. The van der Waals surface area contributed by atoms with Gasteiger partial charge in [0.05, 0.1) is 24.1 Å². The fraction of sp³-hybridized carbons (Fsp3) is 0.448. The van der Waals surface area contributed by atoms with Gasteiger partial charge in [-0.25, -0.2) is 0 Å². The van der Waals surface area contributed by atoms with E-state index in [0.717, 1.165) is 5.56 Å². The number of carbonyl (C=O) groups excluding carboxylic acids is 4. The molecule has 0 aliphatic carbocycles. The van der Waals surface area contributed by atoms with E-state index >= 15 is 0 Å². The van der Waals surface area contributed by atoms with Gasteiger partial charge in [0.25, 0.3) is 5.91 Å². The van der Waals surface area contributed by atoms with Crippen LogP contribution < -0.4 is 20.7 Å². The van der Waals surface area contributed by atoms with E-state index in [0.29, 0.717) is 12.2 Å². The molecule has 3 atom stereocenters. The van der Waals surface area contributed by atoms with Gasteiger partial charge in [-0.15, -0.1) is 0 Å². The number of nitrogens with zero attached hydrogens (tertiary/aromatic N) is 1. The summed E-state index contributed by atoms with van der Waals surface area (Å²) in [7, 11) is 0. The SMILES string of the molecule is CC(C)C[C@H]1COc2ccccc2C(=O)N[C@@H](CC(=O)N2CC(O)C2)C(=O)N[C@@H](Cc2ccccc2)C(=O)N1. The Kier molecular flexibility index (Phi) is 9.19. The zero-order valence-electron chi connectivity index (χ0n) is 22.3. The maximum atomic E-state index is 13.6. The van der Waals surface area contributed by atoms with Crippen molar-refractivity contribution in [3.63, 3.8) is 0 Å². The van der Waals surface area contributed by atoms with Crippen molar-refractivity contribution in [2.75, 3.05) is 19.7 Å². The maximum Gasteiger partial charge on any atom is 0.255 e. The zero-order valence-corrected chi connectivity index (χ0v) is 22.3. The van der Waals surface area contributed by atoms with Crippen LogP contribution in [0, 0.1) is 5.92 Å². The summed E-state index contributed by atoms with van der Waals surface area (Å²) < 4.78 is 6.02. The number of hydrogen-bond donors (Lipinski definition) is 4. The lowest BCUT2D eigenvalue weighted by Crippen LogP contribution is -2.58. The number of aliphatic hydroxyl groups excluding tert-OH is 1. The molecular formula is C29H36N4O6. The molecule has 2 aromatic rings. The summed E-state index contributed by atoms with van der Waals surface area (Å²) in [6, 6.07) is 13.4. The van der Waals surface area contributed by atoms with E-state index in [9.17, 15) is 24.3 Å². The first-order valence-electron chi connectivity index (χ1n) is 13.3. The lowest BCUT2D eigenvalue weighted by molar-refractivity contribution is -0.143. The summed E-state index contributed by atoms with van der Waals surface area (Å²) in [5, 5.41) is 18.1. The molecular weight excluding hydrogens is 500 g/mol. The molecule has 4 rings (SSSR count). The van der Waals surface area contributed by atoms with Crippen molar-refractivity contribution in [2.24, 2.45) is 5.92 Å². The number of amides is 4. The first-order chi connectivity index (χ1) is 18.7. The van der Waals surface area contributed by atoms with Gasteiger partial charge < -0.3 is 30.7 Å². The third-order valence-electron chi connectivity index (χ3n) is 6.81. The molecule has 208 valence electrons. The number of fused-ring (bicyclic) bond motifs is 1. The maximum absolute atomic E-state index is 13.6. The summed E-state index contributed by atoms with van der Waals surface area (Å²) in [4.78, 5) is 54.7. The van der Waals surface area contributed by atoms with Gasteiger partial charge >= 0.3 is 0 Å². The Morgan fingerprint density at radius 1 is 0.949 bits per heavy atom. The van der Waals surface area contributed by atoms with Crippen LogP contribution in [0.2, 0.25) is 0 Å². The summed E-state index contributed by atoms with van der Waals surface area (Å²) in [6.45, 7) is 4.56. The van der Waals surface area contributed by atoms with E-state index in [1.54, 1.807) is 24.3 Å². The highest BCUT2D eigenvalue weighted by molar-refractivity contribution is 6.01. The van der Waals surface area contributed by atoms with Crippen molar-refractivity contribution in [3.05, 3.63) is 65.7 Å². The zero-order chi connectivity index (χ0) is 27.9. The van der Waals surface area contributed by atoms with Crippen LogP contribution in [0.3, 0.4) is 0 Å². The van der Waals surface area contributed by atoms with Crippen molar-refractivity contribution in [2.45, 2.75) is 57.3 Å². The van der Waals surface area contributed by atoms with Gasteiger partial charge in [0, 0.05) is 19.5 Å². The number of ether oxygens (including phenoxy) is 1. The Hall–Kier alpha value is -3.92. The molecule has 4 N–H and O–H groups in total. The van der Waals surface area contributed by atoms with Crippen LogP contribution in [0.4, 0.5) is 0 Å². The van der Waals surface area contributed by atoms with Gasteiger partial charge in [-0.2, -0.15) is 0 Å². The van der Waals surface area contributed by atoms with Gasteiger partial charge in [-0.05, 0) is 30.0 Å². The van der Waals surface area contributed by atoms with Crippen molar-refractivity contribution in [3.8, 4) is 5.75 Å². The van der Waals surface area contributed by atoms with Crippen LogP contribution >= 0.6 is 0 Å².